The Morgan fingerprint density at radius 3 is 2.71 bits per heavy atom. The molecule has 0 atom stereocenters. The van der Waals surface area contributed by atoms with Crippen LogP contribution < -0.4 is 15.1 Å². The molecule has 1 aliphatic rings. The summed E-state index contributed by atoms with van der Waals surface area (Å²) in [6, 6.07) is 7.31. The van der Waals surface area contributed by atoms with Gasteiger partial charge in [0, 0.05) is 38.4 Å². The summed E-state index contributed by atoms with van der Waals surface area (Å²) < 4.78 is 0. The number of urea groups is 1. The highest BCUT2D eigenvalue weighted by atomic mass is 16.2. The molecule has 17 heavy (non-hydrogen) atoms. The lowest BCUT2D eigenvalue weighted by Crippen LogP contribution is -2.49. The molecule has 0 radical (unpaired) electrons. The molecule has 0 aliphatic carbocycles. The summed E-state index contributed by atoms with van der Waals surface area (Å²) in [4.78, 5) is 26.3. The van der Waals surface area contributed by atoms with E-state index >= 15 is 0 Å². The van der Waals surface area contributed by atoms with Gasteiger partial charge in [-0.15, -0.1) is 0 Å². The molecule has 1 heterocycles. The molecule has 0 spiro atoms. The predicted molar refractivity (Wildman–Crippen MR) is 66.3 cm³/mol. The highest BCUT2D eigenvalue weighted by Gasteiger charge is 2.24. The number of benzene rings is 1. The van der Waals surface area contributed by atoms with Crippen LogP contribution in [0.25, 0.3) is 0 Å². The summed E-state index contributed by atoms with van der Waals surface area (Å²) >= 11 is 0. The van der Waals surface area contributed by atoms with E-state index in [9.17, 15) is 9.59 Å². The Balaban J connectivity index is 2.25. The van der Waals surface area contributed by atoms with E-state index in [-0.39, 0.29) is 11.9 Å². The van der Waals surface area contributed by atoms with Crippen LogP contribution in [-0.2, 0) is 4.79 Å². The van der Waals surface area contributed by atoms with Gasteiger partial charge in [0.2, 0.25) is 5.91 Å². The van der Waals surface area contributed by atoms with Crippen LogP contribution in [0, 0.1) is 0 Å². The third kappa shape index (κ3) is 2.38. The zero-order valence-electron chi connectivity index (χ0n) is 9.93. The highest BCUT2D eigenvalue weighted by molar-refractivity contribution is 6.05. The Labute approximate surface area is 100 Å². The molecule has 3 amide bonds. The molecule has 5 heteroatoms. The summed E-state index contributed by atoms with van der Waals surface area (Å²) in [6.45, 7) is 0.432. The van der Waals surface area contributed by atoms with E-state index in [1.54, 1.807) is 4.90 Å². The average Bonchev–Trinajstić information content (AvgIpc) is 2.29. The Morgan fingerprint density at radius 2 is 2.06 bits per heavy atom. The van der Waals surface area contributed by atoms with Gasteiger partial charge in [0.15, 0.2) is 0 Å². The average molecular weight is 233 g/mol. The lowest BCUT2D eigenvalue weighted by molar-refractivity contribution is -0.120. The summed E-state index contributed by atoms with van der Waals surface area (Å²) in [5.41, 5.74) is 1.83. The fourth-order valence-electron chi connectivity index (χ4n) is 1.75. The van der Waals surface area contributed by atoms with Crippen LogP contribution in [0.5, 0.6) is 0 Å². The maximum atomic E-state index is 11.7. The number of carbonyl (C=O) groups excluding carboxylic acids is 2. The van der Waals surface area contributed by atoms with Crippen molar-refractivity contribution in [2.45, 2.75) is 6.42 Å². The van der Waals surface area contributed by atoms with E-state index in [2.05, 4.69) is 5.32 Å². The largest absolute Gasteiger partial charge is 0.378 e. The van der Waals surface area contributed by atoms with Gasteiger partial charge in [0.25, 0.3) is 0 Å². The predicted octanol–water partition coefficient (Wildman–Crippen LogP) is 1.20. The maximum absolute atomic E-state index is 11.7. The molecule has 5 nitrogen and oxygen atoms in total. The van der Waals surface area contributed by atoms with Crippen molar-refractivity contribution in [1.29, 1.82) is 0 Å². The second-order valence-corrected chi connectivity index (χ2v) is 4.17. The van der Waals surface area contributed by atoms with Crippen molar-refractivity contribution in [2.75, 3.05) is 30.4 Å². The van der Waals surface area contributed by atoms with E-state index in [1.807, 2.05) is 43.3 Å². The van der Waals surface area contributed by atoms with E-state index in [1.165, 1.54) is 0 Å². The molecule has 1 aromatic carbocycles. The first-order valence-electron chi connectivity index (χ1n) is 5.46. The molecule has 1 saturated heterocycles. The number of carbonyl (C=O) groups is 2. The Kier molecular flexibility index (Phi) is 2.99. The maximum Gasteiger partial charge on any atom is 0.328 e. The minimum atomic E-state index is -0.350. The fourth-order valence-corrected chi connectivity index (χ4v) is 1.75. The first-order valence-corrected chi connectivity index (χ1v) is 5.46. The molecule has 90 valence electrons. The smallest absolute Gasteiger partial charge is 0.328 e. The Hall–Kier alpha value is -2.04. The number of nitrogens with zero attached hydrogens (tertiary/aromatic N) is 2. The van der Waals surface area contributed by atoms with Gasteiger partial charge in [-0.1, -0.05) is 6.07 Å². The number of nitrogens with one attached hydrogen (secondary N) is 1. The fraction of sp³-hybridized carbons (Fsp3) is 0.333. The third-order valence-corrected chi connectivity index (χ3v) is 2.71. The quantitative estimate of drug-likeness (QED) is 0.835. The van der Waals surface area contributed by atoms with Crippen LogP contribution in [0.1, 0.15) is 6.42 Å². The van der Waals surface area contributed by atoms with Crippen LogP contribution in [0.3, 0.4) is 0 Å². The van der Waals surface area contributed by atoms with Crippen molar-refractivity contribution in [3.63, 3.8) is 0 Å². The second kappa shape index (κ2) is 4.45. The molecular weight excluding hydrogens is 218 g/mol. The van der Waals surface area contributed by atoms with Crippen molar-refractivity contribution in [2.24, 2.45) is 0 Å². The summed E-state index contributed by atoms with van der Waals surface area (Å²) in [7, 11) is 3.89. The van der Waals surface area contributed by atoms with E-state index in [0.717, 1.165) is 11.4 Å². The number of hydrogen-bond donors (Lipinski definition) is 1. The Morgan fingerprint density at radius 1 is 1.29 bits per heavy atom. The van der Waals surface area contributed by atoms with Gasteiger partial charge in [-0.2, -0.15) is 0 Å². The van der Waals surface area contributed by atoms with Gasteiger partial charge in [0.1, 0.15) is 0 Å². The third-order valence-electron chi connectivity index (χ3n) is 2.71. The van der Waals surface area contributed by atoms with Gasteiger partial charge in [-0.25, -0.2) is 4.79 Å². The van der Waals surface area contributed by atoms with Gasteiger partial charge in [-0.3, -0.25) is 15.0 Å². The molecule has 0 bridgehead atoms. The molecule has 1 N–H and O–H groups in total. The standard InChI is InChI=1S/C12H15N3O2/c1-14(2)9-4-3-5-10(8-9)15-7-6-11(16)13-12(15)17/h3-5,8H,6-7H2,1-2H3,(H,13,16,17). The van der Waals surface area contributed by atoms with Crippen molar-refractivity contribution in [3.8, 4) is 0 Å². The van der Waals surface area contributed by atoms with Gasteiger partial charge < -0.3 is 4.90 Å². The van der Waals surface area contributed by atoms with Crippen LogP contribution in [0.2, 0.25) is 0 Å². The van der Waals surface area contributed by atoms with E-state index < -0.39 is 0 Å². The van der Waals surface area contributed by atoms with Crippen LogP contribution in [-0.4, -0.2) is 32.6 Å². The van der Waals surface area contributed by atoms with Gasteiger partial charge in [-0.05, 0) is 18.2 Å². The number of hydrogen-bond acceptors (Lipinski definition) is 3. The van der Waals surface area contributed by atoms with Gasteiger partial charge >= 0.3 is 6.03 Å². The monoisotopic (exact) mass is 233 g/mol. The summed E-state index contributed by atoms with van der Waals surface area (Å²) in [5.74, 6) is -0.213. The molecule has 1 aliphatic heterocycles. The lowest BCUT2D eigenvalue weighted by Gasteiger charge is -2.27. The zero-order chi connectivity index (χ0) is 12.4. The van der Waals surface area contributed by atoms with Crippen molar-refractivity contribution in [1.82, 2.24) is 5.32 Å². The number of imide groups is 1. The Bertz CT molecular complexity index is 457. The summed E-state index contributed by atoms with van der Waals surface area (Å²) in [6.07, 6.45) is 0.345. The minimum absolute atomic E-state index is 0.213. The van der Waals surface area contributed by atoms with Crippen molar-refractivity contribution >= 4 is 23.3 Å². The van der Waals surface area contributed by atoms with E-state index in [4.69, 9.17) is 0 Å². The normalized spacial score (nSPS) is 15.8. The molecule has 0 unspecified atom stereocenters. The number of rotatable bonds is 2. The minimum Gasteiger partial charge on any atom is -0.378 e. The first kappa shape index (κ1) is 11.4. The molecule has 1 fully saturated rings. The van der Waals surface area contributed by atoms with Crippen molar-refractivity contribution < 1.29 is 9.59 Å². The first-order chi connectivity index (χ1) is 8.08. The van der Waals surface area contributed by atoms with E-state index in [0.29, 0.717) is 13.0 Å². The molecule has 2 rings (SSSR count). The molecule has 0 aromatic heterocycles. The topological polar surface area (TPSA) is 52.6 Å². The SMILES string of the molecule is CN(C)c1cccc(N2CCC(=O)NC2=O)c1. The second-order valence-electron chi connectivity index (χ2n) is 4.17. The molecule has 1 aromatic rings. The number of anilines is 2. The van der Waals surface area contributed by atoms with Crippen LogP contribution >= 0.6 is 0 Å². The molecular formula is C12H15N3O2. The van der Waals surface area contributed by atoms with Crippen molar-refractivity contribution in [3.05, 3.63) is 24.3 Å². The van der Waals surface area contributed by atoms with Crippen LogP contribution in [0.15, 0.2) is 24.3 Å². The highest BCUT2D eigenvalue weighted by Crippen LogP contribution is 2.22. The van der Waals surface area contributed by atoms with Gasteiger partial charge in [0.05, 0.1) is 0 Å². The lowest BCUT2D eigenvalue weighted by atomic mass is 10.2. The van der Waals surface area contributed by atoms with Crippen LogP contribution in [0.4, 0.5) is 16.2 Å². The number of amides is 3. The zero-order valence-corrected chi connectivity index (χ0v) is 9.93. The molecule has 0 saturated carbocycles. The summed E-state index contributed by atoms with van der Waals surface area (Å²) in [5, 5.41) is 2.31.